The number of aromatic nitrogens is 1. The standard InChI is InChI=1S/C19H15NO2/c1-21-17-9-12-7-8-16-19(15(12)10-18(17)22-2)14-6-4-3-5-13(14)11-20-16/h3-11H,1-2H3. The summed E-state index contributed by atoms with van der Waals surface area (Å²) in [7, 11) is 3.31. The van der Waals surface area contributed by atoms with Gasteiger partial charge in [-0.25, -0.2) is 0 Å². The minimum absolute atomic E-state index is 0.732. The van der Waals surface area contributed by atoms with E-state index in [1.807, 2.05) is 24.4 Å². The summed E-state index contributed by atoms with van der Waals surface area (Å²) in [5.41, 5.74) is 0.985. The predicted octanol–water partition coefficient (Wildman–Crippen LogP) is 4.56. The molecule has 0 spiro atoms. The zero-order valence-corrected chi connectivity index (χ0v) is 12.5. The molecule has 3 aromatic carbocycles. The van der Waals surface area contributed by atoms with Crippen LogP contribution in [0.1, 0.15) is 0 Å². The monoisotopic (exact) mass is 289 g/mol. The molecule has 0 bridgehead atoms. The van der Waals surface area contributed by atoms with Crippen LogP contribution in [0.5, 0.6) is 11.5 Å². The fraction of sp³-hybridized carbons (Fsp3) is 0.105. The summed E-state index contributed by atoms with van der Waals surface area (Å²) < 4.78 is 10.9. The maximum atomic E-state index is 5.46. The van der Waals surface area contributed by atoms with Crippen molar-refractivity contribution in [2.45, 2.75) is 0 Å². The van der Waals surface area contributed by atoms with Crippen molar-refractivity contribution in [3.63, 3.8) is 0 Å². The molecule has 0 aliphatic carbocycles. The van der Waals surface area contributed by atoms with E-state index < -0.39 is 0 Å². The van der Waals surface area contributed by atoms with Crippen LogP contribution in [0.25, 0.3) is 32.4 Å². The number of methoxy groups -OCH3 is 2. The number of nitrogens with zero attached hydrogens (tertiary/aromatic N) is 1. The van der Waals surface area contributed by atoms with E-state index >= 15 is 0 Å². The smallest absolute Gasteiger partial charge is 0.161 e. The van der Waals surface area contributed by atoms with Gasteiger partial charge in [0.1, 0.15) is 0 Å². The van der Waals surface area contributed by atoms with E-state index in [1.54, 1.807) is 14.2 Å². The van der Waals surface area contributed by atoms with E-state index in [0.717, 1.165) is 38.6 Å². The molecule has 0 aliphatic heterocycles. The topological polar surface area (TPSA) is 31.4 Å². The number of rotatable bonds is 2. The number of hydrogen-bond acceptors (Lipinski definition) is 3. The van der Waals surface area contributed by atoms with Crippen LogP contribution in [0.3, 0.4) is 0 Å². The molecule has 0 unspecified atom stereocenters. The Morgan fingerprint density at radius 1 is 0.773 bits per heavy atom. The zero-order chi connectivity index (χ0) is 15.1. The molecule has 3 nitrogen and oxygen atoms in total. The SMILES string of the molecule is COc1cc2ccc3ncc4ccccc4c3c2cc1OC. The van der Waals surface area contributed by atoms with Crippen LogP contribution in [0.15, 0.2) is 54.7 Å². The van der Waals surface area contributed by atoms with Gasteiger partial charge in [0.15, 0.2) is 11.5 Å². The molecule has 0 saturated carbocycles. The summed E-state index contributed by atoms with van der Waals surface area (Å²) in [5.74, 6) is 1.47. The Morgan fingerprint density at radius 3 is 2.36 bits per heavy atom. The van der Waals surface area contributed by atoms with Gasteiger partial charge in [-0.3, -0.25) is 4.98 Å². The van der Waals surface area contributed by atoms with Gasteiger partial charge in [-0.15, -0.1) is 0 Å². The van der Waals surface area contributed by atoms with Crippen molar-refractivity contribution in [2.75, 3.05) is 14.2 Å². The summed E-state index contributed by atoms with van der Waals surface area (Å²) in [6.45, 7) is 0. The minimum Gasteiger partial charge on any atom is -0.493 e. The average molecular weight is 289 g/mol. The van der Waals surface area contributed by atoms with Crippen molar-refractivity contribution in [3.8, 4) is 11.5 Å². The number of pyridine rings is 1. The summed E-state index contributed by atoms with van der Waals surface area (Å²) >= 11 is 0. The van der Waals surface area contributed by atoms with Crippen LogP contribution in [-0.4, -0.2) is 19.2 Å². The molecule has 108 valence electrons. The Balaban J connectivity index is 2.23. The molecular formula is C19H15NO2. The molecular weight excluding hydrogens is 274 g/mol. The highest BCUT2D eigenvalue weighted by molar-refractivity contribution is 6.19. The first-order valence-electron chi connectivity index (χ1n) is 7.14. The third-order valence-corrected chi connectivity index (χ3v) is 4.07. The Labute approximate surface area is 128 Å². The number of ether oxygens (including phenoxy) is 2. The molecule has 4 aromatic rings. The maximum absolute atomic E-state index is 5.46. The lowest BCUT2D eigenvalue weighted by Crippen LogP contribution is -1.91. The molecule has 0 aliphatic rings. The second kappa shape index (κ2) is 4.88. The van der Waals surface area contributed by atoms with Gasteiger partial charge in [0, 0.05) is 17.0 Å². The van der Waals surface area contributed by atoms with Crippen molar-refractivity contribution >= 4 is 32.4 Å². The lowest BCUT2D eigenvalue weighted by molar-refractivity contribution is 0.356. The van der Waals surface area contributed by atoms with Gasteiger partial charge in [-0.1, -0.05) is 30.3 Å². The van der Waals surface area contributed by atoms with Gasteiger partial charge < -0.3 is 9.47 Å². The molecule has 0 saturated heterocycles. The van der Waals surface area contributed by atoms with E-state index in [2.05, 4.69) is 35.3 Å². The second-order valence-corrected chi connectivity index (χ2v) is 5.23. The molecule has 1 heterocycles. The molecule has 3 heteroatoms. The van der Waals surface area contributed by atoms with Crippen LogP contribution in [0, 0.1) is 0 Å². The van der Waals surface area contributed by atoms with Crippen molar-refractivity contribution in [2.24, 2.45) is 0 Å². The molecule has 22 heavy (non-hydrogen) atoms. The Kier molecular flexibility index (Phi) is 2.86. The Hall–Kier alpha value is -2.81. The van der Waals surface area contributed by atoms with Crippen LogP contribution < -0.4 is 9.47 Å². The Bertz CT molecular complexity index is 1010. The van der Waals surface area contributed by atoms with Crippen LogP contribution in [0.4, 0.5) is 0 Å². The third-order valence-electron chi connectivity index (χ3n) is 4.07. The summed E-state index contributed by atoms with van der Waals surface area (Å²) in [6.07, 6.45) is 1.92. The summed E-state index contributed by atoms with van der Waals surface area (Å²) in [5, 5.41) is 5.72. The van der Waals surface area contributed by atoms with E-state index in [-0.39, 0.29) is 0 Å². The van der Waals surface area contributed by atoms with Gasteiger partial charge in [-0.05, 0) is 34.4 Å². The summed E-state index contributed by atoms with van der Waals surface area (Å²) in [4.78, 5) is 4.59. The van der Waals surface area contributed by atoms with Gasteiger partial charge in [0.2, 0.25) is 0 Å². The highest BCUT2D eigenvalue weighted by Crippen LogP contribution is 2.37. The first kappa shape index (κ1) is 12.9. The maximum Gasteiger partial charge on any atom is 0.161 e. The van der Waals surface area contributed by atoms with E-state index in [0.29, 0.717) is 0 Å². The minimum atomic E-state index is 0.732. The Morgan fingerprint density at radius 2 is 1.55 bits per heavy atom. The molecule has 0 radical (unpaired) electrons. The first-order chi connectivity index (χ1) is 10.8. The number of benzene rings is 3. The molecule has 0 fully saturated rings. The van der Waals surface area contributed by atoms with Crippen LogP contribution >= 0.6 is 0 Å². The average Bonchev–Trinajstić information content (AvgIpc) is 2.59. The fourth-order valence-electron chi connectivity index (χ4n) is 3.01. The predicted molar refractivity (Wildman–Crippen MR) is 89.9 cm³/mol. The third kappa shape index (κ3) is 1.79. The molecule has 0 atom stereocenters. The highest BCUT2D eigenvalue weighted by Gasteiger charge is 2.11. The van der Waals surface area contributed by atoms with Crippen molar-refractivity contribution in [3.05, 3.63) is 54.7 Å². The lowest BCUT2D eigenvalue weighted by Gasteiger charge is -2.12. The van der Waals surface area contributed by atoms with Crippen molar-refractivity contribution in [1.82, 2.24) is 4.98 Å². The fourth-order valence-corrected chi connectivity index (χ4v) is 3.01. The van der Waals surface area contributed by atoms with Gasteiger partial charge in [0.05, 0.1) is 19.7 Å². The molecule has 0 N–H and O–H groups in total. The normalized spacial score (nSPS) is 11.2. The van der Waals surface area contributed by atoms with Gasteiger partial charge in [-0.2, -0.15) is 0 Å². The van der Waals surface area contributed by atoms with E-state index in [1.165, 1.54) is 5.39 Å². The van der Waals surface area contributed by atoms with Gasteiger partial charge >= 0.3 is 0 Å². The molecule has 4 rings (SSSR count). The lowest BCUT2D eigenvalue weighted by atomic mass is 9.99. The quantitative estimate of drug-likeness (QED) is 0.507. The van der Waals surface area contributed by atoms with Gasteiger partial charge in [0.25, 0.3) is 0 Å². The number of fused-ring (bicyclic) bond motifs is 5. The van der Waals surface area contributed by atoms with Crippen molar-refractivity contribution < 1.29 is 9.47 Å². The van der Waals surface area contributed by atoms with Crippen LogP contribution in [-0.2, 0) is 0 Å². The molecule has 1 aromatic heterocycles. The first-order valence-corrected chi connectivity index (χ1v) is 7.14. The summed E-state index contributed by atoms with van der Waals surface area (Å²) in [6, 6.07) is 16.5. The highest BCUT2D eigenvalue weighted by atomic mass is 16.5. The van der Waals surface area contributed by atoms with E-state index in [9.17, 15) is 0 Å². The largest absolute Gasteiger partial charge is 0.493 e. The molecule has 0 amide bonds. The van der Waals surface area contributed by atoms with Crippen molar-refractivity contribution in [1.29, 1.82) is 0 Å². The van der Waals surface area contributed by atoms with Crippen LogP contribution in [0.2, 0.25) is 0 Å². The zero-order valence-electron chi connectivity index (χ0n) is 12.5. The number of hydrogen-bond donors (Lipinski definition) is 0. The second-order valence-electron chi connectivity index (χ2n) is 5.23. The van der Waals surface area contributed by atoms with E-state index in [4.69, 9.17) is 9.47 Å².